The average Bonchev–Trinajstić information content (AvgIpc) is 3.21. The first-order valence-electron chi connectivity index (χ1n) is 7.93. The SMILES string of the molecule is Cc1cc(C(=O)NNC(=O)[C@@H]2C[C@@H]2C)c(C)n1-c1ccc(F)cc1. The number of nitrogens with zero attached hydrogens (tertiary/aromatic N) is 1. The van der Waals surface area contributed by atoms with Gasteiger partial charge in [0.05, 0.1) is 5.56 Å². The highest BCUT2D eigenvalue weighted by Gasteiger charge is 2.39. The maximum absolute atomic E-state index is 13.1. The van der Waals surface area contributed by atoms with Gasteiger partial charge in [0.15, 0.2) is 0 Å². The van der Waals surface area contributed by atoms with Gasteiger partial charge in [-0.1, -0.05) is 6.92 Å². The van der Waals surface area contributed by atoms with Crippen molar-refractivity contribution in [2.24, 2.45) is 11.8 Å². The predicted molar refractivity (Wildman–Crippen MR) is 88.1 cm³/mol. The van der Waals surface area contributed by atoms with Crippen molar-refractivity contribution in [3.8, 4) is 5.69 Å². The fourth-order valence-corrected chi connectivity index (χ4v) is 2.95. The molecule has 0 unspecified atom stereocenters. The van der Waals surface area contributed by atoms with Crippen LogP contribution in [-0.4, -0.2) is 16.4 Å². The lowest BCUT2D eigenvalue weighted by atomic mass is 10.2. The zero-order valence-corrected chi connectivity index (χ0v) is 13.9. The molecular formula is C18H20FN3O2. The van der Waals surface area contributed by atoms with Gasteiger partial charge in [0.2, 0.25) is 5.91 Å². The number of carbonyl (C=O) groups excluding carboxylic acids is 2. The maximum Gasteiger partial charge on any atom is 0.271 e. The van der Waals surface area contributed by atoms with Crippen molar-refractivity contribution in [1.82, 2.24) is 15.4 Å². The number of nitrogens with one attached hydrogen (secondary N) is 2. The molecule has 5 nitrogen and oxygen atoms in total. The number of hydrogen-bond acceptors (Lipinski definition) is 2. The summed E-state index contributed by atoms with van der Waals surface area (Å²) in [6.07, 6.45) is 0.862. The molecule has 3 rings (SSSR count). The Morgan fingerprint density at radius 1 is 1.17 bits per heavy atom. The van der Waals surface area contributed by atoms with Crippen molar-refractivity contribution in [3.63, 3.8) is 0 Å². The van der Waals surface area contributed by atoms with Crippen LogP contribution < -0.4 is 10.9 Å². The number of aromatic nitrogens is 1. The van der Waals surface area contributed by atoms with E-state index >= 15 is 0 Å². The minimum Gasteiger partial charge on any atom is -0.318 e. The molecule has 1 fully saturated rings. The van der Waals surface area contributed by atoms with Gasteiger partial charge in [0.1, 0.15) is 5.82 Å². The zero-order chi connectivity index (χ0) is 17.4. The zero-order valence-electron chi connectivity index (χ0n) is 13.9. The fraction of sp³-hybridized carbons (Fsp3) is 0.333. The molecule has 24 heavy (non-hydrogen) atoms. The summed E-state index contributed by atoms with van der Waals surface area (Å²) in [4.78, 5) is 24.1. The van der Waals surface area contributed by atoms with Crippen molar-refractivity contribution < 1.29 is 14.0 Å². The van der Waals surface area contributed by atoms with Crippen LogP contribution in [0.15, 0.2) is 30.3 Å². The van der Waals surface area contributed by atoms with Crippen molar-refractivity contribution >= 4 is 11.8 Å². The Morgan fingerprint density at radius 2 is 1.79 bits per heavy atom. The van der Waals surface area contributed by atoms with E-state index in [1.54, 1.807) is 18.2 Å². The third-order valence-corrected chi connectivity index (χ3v) is 4.51. The molecule has 2 N–H and O–H groups in total. The van der Waals surface area contributed by atoms with E-state index in [0.717, 1.165) is 23.5 Å². The lowest BCUT2D eigenvalue weighted by Crippen LogP contribution is -2.42. The molecule has 1 saturated carbocycles. The van der Waals surface area contributed by atoms with Gasteiger partial charge in [0, 0.05) is 23.0 Å². The van der Waals surface area contributed by atoms with Crippen molar-refractivity contribution in [2.75, 3.05) is 0 Å². The van der Waals surface area contributed by atoms with Gasteiger partial charge in [0.25, 0.3) is 5.91 Å². The van der Waals surface area contributed by atoms with Crippen LogP contribution in [0.25, 0.3) is 5.69 Å². The van der Waals surface area contributed by atoms with Crippen LogP contribution in [0.5, 0.6) is 0 Å². The molecule has 1 aromatic heterocycles. The fourth-order valence-electron chi connectivity index (χ4n) is 2.95. The summed E-state index contributed by atoms with van der Waals surface area (Å²) in [6, 6.07) is 7.83. The molecule has 0 saturated heterocycles. The van der Waals surface area contributed by atoms with E-state index in [4.69, 9.17) is 0 Å². The second-order valence-electron chi connectivity index (χ2n) is 6.36. The lowest BCUT2D eigenvalue weighted by molar-refractivity contribution is -0.123. The third-order valence-electron chi connectivity index (χ3n) is 4.51. The van der Waals surface area contributed by atoms with E-state index in [1.807, 2.05) is 25.3 Å². The van der Waals surface area contributed by atoms with E-state index in [2.05, 4.69) is 10.9 Å². The molecule has 1 heterocycles. The molecule has 2 amide bonds. The van der Waals surface area contributed by atoms with Crippen molar-refractivity contribution in [2.45, 2.75) is 27.2 Å². The maximum atomic E-state index is 13.1. The summed E-state index contributed by atoms with van der Waals surface area (Å²) >= 11 is 0. The second-order valence-corrected chi connectivity index (χ2v) is 6.36. The largest absolute Gasteiger partial charge is 0.318 e. The first kappa shape index (κ1) is 16.2. The summed E-state index contributed by atoms with van der Waals surface area (Å²) in [6.45, 7) is 5.69. The Bertz CT molecular complexity index is 795. The number of halogens is 1. The van der Waals surface area contributed by atoms with E-state index in [0.29, 0.717) is 11.5 Å². The summed E-state index contributed by atoms with van der Waals surface area (Å²) in [5, 5.41) is 0. The molecule has 1 aromatic carbocycles. The Morgan fingerprint density at radius 3 is 2.38 bits per heavy atom. The normalized spacial score (nSPS) is 19.0. The Hall–Kier alpha value is -2.63. The van der Waals surface area contributed by atoms with E-state index in [9.17, 15) is 14.0 Å². The topological polar surface area (TPSA) is 63.1 Å². The van der Waals surface area contributed by atoms with Gasteiger partial charge in [-0.15, -0.1) is 0 Å². The number of aryl methyl sites for hydroxylation is 1. The van der Waals surface area contributed by atoms with Crippen molar-refractivity contribution in [3.05, 3.63) is 53.1 Å². The number of hydrogen-bond donors (Lipinski definition) is 2. The van der Waals surface area contributed by atoms with E-state index < -0.39 is 0 Å². The third kappa shape index (κ3) is 3.04. The van der Waals surface area contributed by atoms with Gasteiger partial charge in [-0.3, -0.25) is 20.4 Å². The van der Waals surface area contributed by atoms with Gasteiger partial charge in [-0.2, -0.15) is 0 Å². The molecule has 1 aliphatic carbocycles. The smallest absolute Gasteiger partial charge is 0.271 e. The van der Waals surface area contributed by atoms with Crippen LogP contribution in [0, 0.1) is 31.5 Å². The molecule has 126 valence electrons. The first-order chi connectivity index (χ1) is 11.4. The van der Waals surface area contributed by atoms with Crippen LogP contribution >= 0.6 is 0 Å². The first-order valence-corrected chi connectivity index (χ1v) is 7.93. The summed E-state index contributed by atoms with van der Waals surface area (Å²) < 4.78 is 15.0. The lowest BCUT2D eigenvalue weighted by Gasteiger charge is -2.10. The standard InChI is InChI=1S/C18H20FN3O2/c1-10-8-15(10)17(23)20-21-18(24)16-9-11(2)22(12(16)3)14-6-4-13(19)5-7-14/h4-7,9-10,15H,8H2,1-3H3,(H,20,23)(H,21,24)/t10-,15+/m0/s1. The monoisotopic (exact) mass is 329 g/mol. The minimum absolute atomic E-state index is 0.00283. The minimum atomic E-state index is -0.363. The summed E-state index contributed by atoms with van der Waals surface area (Å²) in [5.74, 6) is -0.445. The summed E-state index contributed by atoms with van der Waals surface area (Å²) in [7, 11) is 0. The van der Waals surface area contributed by atoms with Gasteiger partial charge < -0.3 is 4.57 Å². The predicted octanol–water partition coefficient (Wildman–Crippen LogP) is 2.65. The molecule has 0 spiro atoms. The Labute approximate surface area is 139 Å². The van der Waals surface area contributed by atoms with E-state index in [1.165, 1.54) is 12.1 Å². The average molecular weight is 329 g/mol. The Balaban J connectivity index is 1.76. The number of carbonyl (C=O) groups is 2. The number of benzene rings is 1. The quantitative estimate of drug-likeness (QED) is 0.851. The molecule has 2 atom stereocenters. The number of rotatable bonds is 3. The van der Waals surface area contributed by atoms with Gasteiger partial charge >= 0.3 is 0 Å². The van der Waals surface area contributed by atoms with Crippen molar-refractivity contribution in [1.29, 1.82) is 0 Å². The van der Waals surface area contributed by atoms with Crippen LogP contribution in [0.3, 0.4) is 0 Å². The molecule has 0 radical (unpaired) electrons. The van der Waals surface area contributed by atoms with Gasteiger partial charge in [-0.25, -0.2) is 4.39 Å². The molecular weight excluding hydrogens is 309 g/mol. The van der Waals surface area contributed by atoms with Gasteiger partial charge in [-0.05, 0) is 56.5 Å². The second kappa shape index (κ2) is 6.11. The van der Waals surface area contributed by atoms with Crippen LogP contribution in [0.1, 0.15) is 35.1 Å². The number of amides is 2. The molecule has 0 bridgehead atoms. The molecule has 2 aromatic rings. The van der Waals surface area contributed by atoms with Crippen LogP contribution in [0.2, 0.25) is 0 Å². The highest BCUT2D eigenvalue weighted by molar-refractivity contribution is 5.97. The molecule has 6 heteroatoms. The number of hydrazine groups is 1. The van der Waals surface area contributed by atoms with E-state index in [-0.39, 0.29) is 23.5 Å². The summed E-state index contributed by atoms with van der Waals surface area (Å²) in [5.41, 5.74) is 7.78. The highest BCUT2D eigenvalue weighted by atomic mass is 19.1. The highest BCUT2D eigenvalue weighted by Crippen LogP contribution is 2.37. The Kier molecular flexibility index (Phi) is 4.13. The van der Waals surface area contributed by atoms with Crippen LogP contribution in [-0.2, 0) is 4.79 Å². The molecule has 1 aliphatic rings. The van der Waals surface area contributed by atoms with Crippen LogP contribution in [0.4, 0.5) is 4.39 Å². The molecule has 0 aliphatic heterocycles.